The van der Waals surface area contributed by atoms with Gasteiger partial charge in [-0.05, 0) is 54.4 Å². The van der Waals surface area contributed by atoms with Crippen molar-refractivity contribution in [1.82, 2.24) is 20.0 Å². The Morgan fingerprint density at radius 3 is 2.71 bits per heavy atom. The lowest BCUT2D eigenvalue weighted by atomic mass is 10.1. The van der Waals surface area contributed by atoms with Crippen molar-refractivity contribution in [3.8, 4) is 0 Å². The van der Waals surface area contributed by atoms with Gasteiger partial charge in [0, 0.05) is 26.2 Å². The molecule has 0 saturated carbocycles. The second kappa shape index (κ2) is 8.99. The Morgan fingerprint density at radius 1 is 1.42 bits per heavy atom. The molecule has 0 bridgehead atoms. The molecule has 1 N–H and O–H groups in total. The van der Waals surface area contributed by atoms with Crippen LogP contribution in [0.4, 0.5) is 0 Å². The Hall–Kier alpha value is -1.66. The van der Waals surface area contributed by atoms with E-state index in [-0.39, 0.29) is 11.9 Å². The molecule has 24 heavy (non-hydrogen) atoms. The molecular weight excluding hydrogens is 320 g/mol. The molecule has 0 radical (unpaired) electrons. The lowest BCUT2D eigenvalue weighted by molar-refractivity contribution is -0.121. The Morgan fingerprint density at radius 2 is 2.17 bits per heavy atom. The van der Waals surface area contributed by atoms with Gasteiger partial charge in [0.15, 0.2) is 0 Å². The largest absolute Gasteiger partial charge is 0.354 e. The Bertz CT molecular complexity index is 631. The molecular formula is C18H28N4OS. The second-order valence-corrected chi connectivity index (χ2v) is 6.79. The molecule has 0 spiro atoms. The summed E-state index contributed by atoms with van der Waals surface area (Å²) in [6.45, 7) is 8.92. The SMILES string of the molecule is CCN(CC)[C@H](CNC(=O)CCc1cn(C)nc1C)c1ccsc1. The summed E-state index contributed by atoms with van der Waals surface area (Å²) in [5.41, 5.74) is 3.43. The molecule has 0 fully saturated rings. The normalized spacial score (nSPS) is 12.5. The van der Waals surface area contributed by atoms with E-state index in [9.17, 15) is 4.79 Å². The molecule has 0 saturated heterocycles. The van der Waals surface area contributed by atoms with Gasteiger partial charge >= 0.3 is 0 Å². The van der Waals surface area contributed by atoms with Gasteiger partial charge in [-0.25, -0.2) is 0 Å². The molecule has 0 aromatic carbocycles. The molecule has 0 aliphatic rings. The van der Waals surface area contributed by atoms with Crippen molar-refractivity contribution in [2.24, 2.45) is 7.05 Å². The summed E-state index contributed by atoms with van der Waals surface area (Å²) in [6.07, 6.45) is 3.23. The minimum atomic E-state index is 0.102. The first-order valence-electron chi connectivity index (χ1n) is 8.57. The van der Waals surface area contributed by atoms with Crippen LogP contribution in [-0.2, 0) is 18.3 Å². The third-order valence-corrected chi connectivity index (χ3v) is 5.11. The fourth-order valence-corrected chi connectivity index (χ4v) is 3.73. The van der Waals surface area contributed by atoms with Gasteiger partial charge in [-0.15, -0.1) is 0 Å². The zero-order valence-corrected chi connectivity index (χ0v) is 15.9. The Labute approximate surface area is 148 Å². The highest BCUT2D eigenvalue weighted by atomic mass is 32.1. The maximum atomic E-state index is 12.3. The number of thiophene rings is 1. The Balaban J connectivity index is 1.89. The van der Waals surface area contributed by atoms with Crippen LogP contribution < -0.4 is 5.32 Å². The van der Waals surface area contributed by atoms with Gasteiger partial charge in [0.2, 0.25) is 5.91 Å². The highest BCUT2D eigenvalue weighted by molar-refractivity contribution is 7.07. The average molecular weight is 349 g/mol. The summed E-state index contributed by atoms with van der Waals surface area (Å²) in [5, 5.41) is 11.7. The van der Waals surface area contributed by atoms with E-state index in [0.717, 1.165) is 30.8 Å². The van der Waals surface area contributed by atoms with E-state index in [2.05, 4.69) is 46.0 Å². The number of hydrogen-bond donors (Lipinski definition) is 1. The molecule has 2 aromatic rings. The number of aromatic nitrogens is 2. The van der Waals surface area contributed by atoms with Crippen LogP contribution in [0.25, 0.3) is 0 Å². The van der Waals surface area contributed by atoms with E-state index in [1.54, 1.807) is 16.0 Å². The summed E-state index contributed by atoms with van der Waals surface area (Å²) in [7, 11) is 1.91. The molecule has 0 unspecified atom stereocenters. The molecule has 0 aliphatic carbocycles. The third-order valence-electron chi connectivity index (χ3n) is 4.41. The van der Waals surface area contributed by atoms with Crippen molar-refractivity contribution in [1.29, 1.82) is 0 Å². The van der Waals surface area contributed by atoms with Crippen LogP contribution in [0.3, 0.4) is 0 Å². The first-order valence-corrected chi connectivity index (χ1v) is 9.51. The van der Waals surface area contributed by atoms with Gasteiger partial charge in [-0.2, -0.15) is 16.4 Å². The smallest absolute Gasteiger partial charge is 0.220 e. The van der Waals surface area contributed by atoms with Crippen LogP contribution in [-0.4, -0.2) is 40.2 Å². The number of carbonyl (C=O) groups is 1. The van der Waals surface area contributed by atoms with E-state index in [1.807, 2.05) is 20.2 Å². The number of amides is 1. The number of hydrogen-bond acceptors (Lipinski definition) is 4. The average Bonchev–Trinajstić information content (AvgIpc) is 3.19. The zero-order chi connectivity index (χ0) is 17.5. The van der Waals surface area contributed by atoms with Crippen LogP contribution in [0.5, 0.6) is 0 Å². The number of nitrogens with zero attached hydrogens (tertiary/aromatic N) is 3. The first-order chi connectivity index (χ1) is 11.5. The minimum Gasteiger partial charge on any atom is -0.354 e. The number of nitrogens with one attached hydrogen (secondary N) is 1. The summed E-state index contributed by atoms with van der Waals surface area (Å²) >= 11 is 1.70. The van der Waals surface area contributed by atoms with Crippen LogP contribution in [0.1, 0.15) is 43.1 Å². The summed E-state index contributed by atoms with van der Waals surface area (Å²) in [6, 6.07) is 2.40. The van der Waals surface area contributed by atoms with Crippen LogP contribution >= 0.6 is 11.3 Å². The monoisotopic (exact) mass is 348 g/mol. The molecule has 1 amide bonds. The molecule has 6 heteroatoms. The van der Waals surface area contributed by atoms with E-state index in [0.29, 0.717) is 13.0 Å². The fraction of sp³-hybridized carbons (Fsp3) is 0.556. The lowest BCUT2D eigenvalue weighted by Gasteiger charge is -2.29. The van der Waals surface area contributed by atoms with Gasteiger partial charge in [-0.1, -0.05) is 13.8 Å². The van der Waals surface area contributed by atoms with Crippen LogP contribution in [0, 0.1) is 6.92 Å². The topological polar surface area (TPSA) is 50.2 Å². The number of carbonyl (C=O) groups excluding carboxylic acids is 1. The number of rotatable bonds is 9. The summed E-state index contributed by atoms with van der Waals surface area (Å²) < 4.78 is 1.80. The summed E-state index contributed by atoms with van der Waals surface area (Å²) in [5.74, 6) is 0.102. The zero-order valence-electron chi connectivity index (χ0n) is 15.1. The molecule has 5 nitrogen and oxygen atoms in total. The molecule has 2 aromatic heterocycles. The van der Waals surface area contributed by atoms with Gasteiger partial charge in [-0.3, -0.25) is 14.4 Å². The number of aryl methyl sites for hydroxylation is 3. The highest BCUT2D eigenvalue weighted by Gasteiger charge is 2.19. The molecule has 132 valence electrons. The predicted molar refractivity (Wildman–Crippen MR) is 99.3 cm³/mol. The standard InChI is InChI=1S/C18H28N4OS/c1-5-22(6-2)17(16-9-10-24-13-16)11-19-18(23)8-7-15-12-21(4)20-14(15)3/h9-10,12-13,17H,5-8,11H2,1-4H3,(H,19,23)/t17-/m1/s1. The van der Waals surface area contributed by atoms with Crippen LogP contribution in [0.2, 0.25) is 0 Å². The third kappa shape index (κ3) is 4.92. The van der Waals surface area contributed by atoms with Gasteiger partial charge in [0.05, 0.1) is 11.7 Å². The minimum absolute atomic E-state index is 0.102. The van der Waals surface area contributed by atoms with E-state index >= 15 is 0 Å². The van der Waals surface area contributed by atoms with Gasteiger partial charge < -0.3 is 5.32 Å². The molecule has 2 rings (SSSR count). The molecule has 1 atom stereocenters. The first kappa shape index (κ1) is 18.7. The van der Waals surface area contributed by atoms with Crippen LogP contribution in [0.15, 0.2) is 23.0 Å². The quantitative estimate of drug-likeness (QED) is 0.758. The van der Waals surface area contributed by atoms with Crippen molar-refractivity contribution < 1.29 is 4.79 Å². The second-order valence-electron chi connectivity index (χ2n) is 6.01. The van der Waals surface area contributed by atoms with Crippen molar-refractivity contribution >= 4 is 17.2 Å². The Kier molecular flexibility index (Phi) is 6.99. The molecule has 0 aliphatic heterocycles. The lowest BCUT2D eigenvalue weighted by Crippen LogP contribution is -2.38. The molecule has 2 heterocycles. The van der Waals surface area contributed by atoms with E-state index in [4.69, 9.17) is 0 Å². The fourth-order valence-electron chi connectivity index (χ4n) is 3.03. The van der Waals surface area contributed by atoms with Gasteiger partial charge in [0.1, 0.15) is 0 Å². The van der Waals surface area contributed by atoms with E-state index in [1.165, 1.54) is 5.56 Å². The number of likely N-dealkylation sites (N-methyl/N-ethyl adjacent to an activating group) is 1. The highest BCUT2D eigenvalue weighted by Crippen LogP contribution is 2.22. The van der Waals surface area contributed by atoms with Crippen molar-refractivity contribution in [2.45, 2.75) is 39.7 Å². The maximum absolute atomic E-state index is 12.3. The van der Waals surface area contributed by atoms with Crippen molar-refractivity contribution in [3.63, 3.8) is 0 Å². The summed E-state index contributed by atoms with van der Waals surface area (Å²) in [4.78, 5) is 14.6. The van der Waals surface area contributed by atoms with Gasteiger partial charge in [0.25, 0.3) is 0 Å². The predicted octanol–water partition coefficient (Wildman–Crippen LogP) is 2.92. The van der Waals surface area contributed by atoms with E-state index < -0.39 is 0 Å². The van der Waals surface area contributed by atoms with Crippen molar-refractivity contribution in [3.05, 3.63) is 39.8 Å². The maximum Gasteiger partial charge on any atom is 0.220 e. The van der Waals surface area contributed by atoms with Crippen molar-refractivity contribution in [2.75, 3.05) is 19.6 Å².